The molecule has 9 nitrogen and oxygen atoms in total. The Morgan fingerprint density at radius 2 is 1.82 bits per heavy atom. The molecule has 2 heterocycles. The number of benzene rings is 2. The Kier molecular flexibility index (Phi) is 7.51. The summed E-state index contributed by atoms with van der Waals surface area (Å²) in [6.07, 6.45) is -4.05. The number of methoxy groups -OCH3 is 1. The number of carbonyl (C=O) groups is 1. The van der Waals surface area contributed by atoms with Crippen LogP contribution in [0.3, 0.4) is 0 Å². The number of hydrogen-bond donors (Lipinski definition) is 4. The van der Waals surface area contributed by atoms with E-state index in [1.807, 2.05) is 6.92 Å². The SMILES string of the molecule is CCCNC(=O)c1ccc(C2OC[C@@]3(O)C(c4ccc(OC)cc4)O[C@H](C(O)CO)[C@@H]3O2)cc1. The average molecular weight is 474 g/mol. The van der Waals surface area contributed by atoms with Crippen molar-refractivity contribution in [2.45, 2.75) is 49.7 Å². The molecule has 6 atom stereocenters. The largest absolute Gasteiger partial charge is 0.497 e. The number of fused-ring (bicyclic) bond motifs is 1. The number of aliphatic hydroxyl groups is 3. The lowest BCUT2D eigenvalue weighted by Gasteiger charge is -2.41. The van der Waals surface area contributed by atoms with Crippen LogP contribution in [0.5, 0.6) is 5.75 Å². The monoisotopic (exact) mass is 473 g/mol. The summed E-state index contributed by atoms with van der Waals surface area (Å²) in [5.41, 5.74) is 0.237. The first kappa shape index (κ1) is 24.6. The summed E-state index contributed by atoms with van der Waals surface area (Å²) in [7, 11) is 1.56. The Balaban J connectivity index is 1.55. The van der Waals surface area contributed by atoms with E-state index in [1.165, 1.54) is 0 Å². The van der Waals surface area contributed by atoms with E-state index in [-0.39, 0.29) is 12.5 Å². The van der Waals surface area contributed by atoms with Crippen LogP contribution in [0.25, 0.3) is 0 Å². The summed E-state index contributed by atoms with van der Waals surface area (Å²) < 4.78 is 23.2. The smallest absolute Gasteiger partial charge is 0.251 e. The topological polar surface area (TPSA) is 127 Å². The lowest BCUT2D eigenvalue weighted by atomic mass is 9.85. The fourth-order valence-electron chi connectivity index (χ4n) is 4.36. The number of rotatable bonds is 8. The van der Waals surface area contributed by atoms with Crippen molar-refractivity contribution in [1.82, 2.24) is 5.32 Å². The van der Waals surface area contributed by atoms with E-state index in [2.05, 4.69) is 5.32 Å². The molecule has 34 heavy (non-hydrogen) atoms. The first-order valence-electron chi connectivity index (χ1n) is 11.4. The van der Waals surface area contributed by atoms with Gasteiger partial charge in [-0.25, -0.2) is 0 Å². The van der Waals surface area contributed by atoms with Crippen molar-refractivity contribution in [2.24, 2.45) is 0 Å². The van der Waals surface area contributed by atoms with E-state index < -0.39 is 42.9 Å². The van der Waals surface area contributed by atoms with E-state index in [4.69, 9.17) is 18.9 Å². The molecule has 2 aromatic rings. The molecule has 9 heteroatoms. The van der Waals surface area contributed by atoms with Crippen LogP contribution in [0, 0.1) is 0 Å². The zero-order valence-electron chi connectivity index (χ0n) is 19.2. The summed E-state index contributed by atoms with van der Waals surface area (Å²) in [5.74, 6) is 0.492. The number of carbonyl (C=O) groups excluding carboxylic acids is 1. The molecule has 0 spiro atoms. The number of amides is 1. The van der Waals surface area contributed by atoms with Gasteiger partial charge in [-0.1, -0.05) is 31.2 Å². The van der Waals surface area contributed by atoms with Gasteiger partial charge in [0.15, 0.2) is 6.29 Å². The van der Waals surface area contributed by atoms with Crippen LogP contribution in [-0.4, -0.2) is 72.0 Å². The predicted octanol–water partition coefficient (Wildman–Crippen LogP) is 1.47. The summed E-state index contributed by atoms with van der Waals surface area (Å²) in [4.78, 5) is 12.2. The first-order chi connectivity index (χ1) is 16.4. The zero-order chi connectivity index (χ0) is 24.3. The Morgan fingerprint density at radius 3 is 2.44 bits per heavy atom. The minimum absolute atomic E-state index is 0.119. The third-order valence-electron chi connectivity index (χ3n) is 6.24. The van der Waals surface area contributed by atoms with Crippen LogP contribution in [0.2, 0.25) is 0 Å². The quantitative estimate of drug-likeness (QED) is 0.454. The molecule has 184 valence electrons. The third kappa shape index (κ3) is 4.68. The molecule has 0 radical (unpaired) electrons. The Bertz CT molecular complexity index is 966. The lowest BCUT2D eigenvalue weighted by molar-refractivity contribution is -0.292. The molecule has 0 aromatic heterocycles. The van der Waals surface area contributed by atoms with Crippen molar-refractivity contribution in [3.63, 3.8) is 0 Å². The second-order valence-corrected chi connectivity index (χ2v) is 8.57. The summed E-state index contributed by atoms with van der Waals surface area (Å²) >= 11 is 0. The van der Waals surface area contributed by atoms with E-state index >= 15 is 0 Å². The van der Waals surface area contributed by atoms with Crippen LogP contribution in [0.4, 0.5) is 0 Å². The maximum atomic E-state index is 12.2. The molecule has 2 fully saturated rings. The summed E-state index contributed by atoms with van der Waals surface area (Å²) in [5, 5.41) is 34.4. The van der Waals surface area contributed by atoms with Crippen LogP contribution in [0.1, 0.15) is 47.2 Å². The molecule has 2 aliphatic heterocycles. The van der Waals surface area contributed by atoms with Gasteiger partial charge in [0.05, 0.1) is 20.3 Å². The zero-order valence-corrected chi connectivity index (χ0v) is 19.2. The highest BCUT2D eigenvalue weighted by molar-refractivity contribution is 5.94. The maximum Gasteiger partial charge on any atom is 0.251 e. The van der Waals surface area contributed by atoms with Gasteiger partial charge in [-0.3, -0.25) is 4.79 Å². The van der Waals surface area contributed by atoms with Crippen LogP contribution in [-0.2, 0) is 14.2 Å². The minimum atomic E-state index is -1.59. The van der Waals surface area contributed by atoms with Gasteiger partial charge in [0, 0.05) is 17.7 Å². The number of aliphatic hydroxyl groups excluding tert-OH is 2. The summed E-state index contributed by atoms with van der Waals surface area (Å²) in [6.45, 7) is 1.91. The Hall–Kier alpha value is -2.53. The van der Waals surface area contributed by atoms with Gasteiger partial charge >= 0.3 is 0 Å². The van der Waals surface area contributed by atoms with Crippen molar-refractivity contribution >= 4 is 5.91 Å². The number of nitrogens with one attached hydrogen (secondary N) is 1. The van der Waals surface area contributed by atoms with E-state index in [1.54, 1.807) is 55.6 Å². The molecule has 2 aromatic carbocycles. The van der Waals surface area contributed by atoms with E-state index in [9.17, 15) is 20.1 Å². The van der Waals surface area contributed by atoms with Gasteiger partial charge in [-0.2, -0.15) is 0 Å². The normalized spacial score (nSPS) is 29.3. The van der Waals surface area contributed by atoms with Crippen LogP contribution < -0.4 is 10.1 Å². The maximum absolute atomic E-state index is 12.2. The molecule has 0 saturated carbocycles. The second kappa shape index (κ2) is 10.4. The van der Waals surface area contributed by atoms with Crippen molar-refractivity contribution < 1.29 is 39.1 Å². The van der Waals surface area contributed by atoms with Crippen molar-refractivity contribution in [3.05, 3.63) is 65.2 Å². The molecule has 4 rings (SSSR count). The predicted molar refractivity (Wildman–Crippen MR) is 121 cm³/mol. The highest BCUT2D eigenvalue weighted by atomic mass is 16.7. The average Bonchev–Trinajstić information content (AvgIpc) is 3.19. The van der Waals surface area contributed by atoms with Crippen molar-refractivity contribution in [3.8, 4) is 5.75 Å². The number of hydrogen-bond acceptors (Lipinski definition) is 8. The first-order valence-corrected chi connectivity index (χ1v) is 11.4. The minimum Gasteiger partial charge on any atom is -0.497 e. The molecule has 2 saturated heterocycles. The third-order valence-corrected chi connectivity index (χ3v) is 6.24. The van der Waals surface area contributed by atoms with Gasteiger partial charge in [0.1, 0.15) is 35.8 Å². The highest BCUT2D eigenvalue weighted by Gasteiger charge is 2.61. The fourth-order valence-corrected chi connectivity index (χ4v) is 4.36. The molecule has 2 aliphatic rings. The van der Waals surface area contributed by atoms with Crippen LogP contribution in [0.15, 0.2) is 48.5 Å². The van der Waals surface area contributed by atoms with Gasteiger partial charge < -0.3 is 39.6 Å². The molecular weight excluding hydrogens is 442 g/mol. The van der Waals surface area contributed by atoms with Crippen LogP contribution >= 0.6 is 0 Å². The van der Waals surface area contributed by atoms with E-state index in [0.717, 1.165) is 6.42 Å². The van der Waals surface area contributed by atoms with Crippen molar-refractivity contribution in [2.75, 3.05) is 26.9 Å². The lowest BCUT2D eigenvalue weighted by Crippen LogP contribution is -2.56. The molecule has 0 aliphatic carbocycles. The molecule has 4 N–H and O–H groups in total. The van der Waals surface area contributed by atoms with E-state index in [0.29, 0.717) is 29.0 Å². The van der Waals surface area contributed by atoms with Gasteiger partial charge in [0.25, 0.3) is 5.91 Å². The van der Waals surface area contributed by atoms with Gasteiger partial charge in [-0.05, 0) is 36.2 Å². The molecular formula is C25H31NO8. The molecule has 1 amide bonds. The van der Waals surface area contributed by atoms with Gasteiger partial charge in [0.2, 0.25) is 0 Å². The standard InChI is InChI=1S/C25H31NO8/c1-3-12-26-23(29)16-4-6-17(7-5-16)24-32-14-25(30)21(15-8-10-18(31-2)11-9-15)33-20(19(28)13-27)22(25)34-24/h4-11,19-22,24,27-28,30H,3,12-14H2,1-2H3,(H,26,29)/t19?,20-,21?,22+,24?,25-/m1/s1. The molecule has 3 unspecified atom stereocenters. The number of ether oxygens (including phenoxy) is 4. The fraction of sp³-hybridized carbons (Fsp3) is 0.480. The molecule has 0 bridgehead atoms. The second-order valence-electron chi connectivity index (χ2n) is 8.57. The van der Waals surface area contributed by atoms with Crippen molar-refractivity contribution in [1.29, 1.82) is 0 Å². The Morgan fingerprint density at radius 1 is 1.15 bits per heavy atom. The Labute approximate surface area is 198 Å². The summed E-state index contributed by atoms with van der Waals surface area (Å²) in [6, 6.07) is 13.8. The highest BCUT2D eigenvalue weighted by Crippen LogP contribution is 2.49. The van der Waals surface area contributed by atoms with Gasteiger partial charge in [-0.15, -0.1) is 0 Å².